The van der Waals surface area contributed by atoms with E-state index < -0.39 is 23.5 Å². The second kappa shape index (κ2) is 4.63. The highest BCUT2D eigenvalue weighted by molar-refractivity contribution is 6.01. The standard InChI is InChI=1S/C9H5F4N5O/c10-6-2-1-4(3-5(6)9(11,12)13)14-8(19)7-15-17-18-16-7/h1-3H,(H,14,19)(H,15,16,17,18). The van der Waals surface area contributed by atoms with Crippen molar-refractivity contribution in [2.75, 3.05) is 5.32 Å². The van der Waals surface area contributed by atoms with Crippen molar-refractivity contribution < 1.29 is 22.4 Å². The lowest BCUT2D eigenvalue weighted by Crippen LogP contribution is -2.15. The van der Waals surface area contributed by atoms with E-state index in [4.69, 9.17) is 0 Å². The summed E-state index contributed by atoms with van der Waals surface area (Å²) >= 11 is 0. The molecule has 0 aliphatic carbocycles. The number of anilines is 1. The summed E-state index contributed by atoms with van der Waals surface area (Å²) in [5.74, 6) is -2.64. The van der Waals surface area contributed by atoms with Gasteiger partial charge in [0.25, 0.3) is 11.7 Å². The number of amides is 1. The van der Waals surface area contributed by atoms with Crippen molar-refractivity contribution in [1.82, 2.24) is 20.6 Å². The number of aromatic amines is 1. The lowest BCUT2D eigenvalue weighted by Gasteiger charge is -2.10. The fraction of sp³-hybridized carbons (Fsp3) is 0.111. The van der Waals surface area contributed by atoms with Crippen LogP contribution >= 0.6 is 0 Å². The fourth-order valence-electron chi connectivity index (χ4n) is 1.27. The zero-order valence-electron chi connectivity index (χ0n) is 8.99. The van der Waals surface area contributed by atoms with Crippen LogP contribution in [0.3, 0.4) is 0 Å². The van der Waals surface area contributed by atoms with Crippen molar-refractivity contribution in [3.8, 4) is 0 Å². The third-order valence-corrected chi connectivity index (χ3v) is 2.08. The second-order valence-electron chi connectivity index (χ2n) is 3.38. The molecule has 10 heteroatoms. The molecule has 19 heavy (non-hydrogen) atoms. The van der Waals surface area contributed by atoms with Crippen molar-refractivity contribution in [2.24, 2.45) is 0 Å². The van der Waals surface area contributed by atoms with E-state index in [9.17, 15) is 22.4 Å². The number of benzene rings is 1. The van der Waals surface area contributed by atoms with Crippen LogP contribution in [0.15, 0.2) is 18.2 Å². The summed E-state index contributed by atoms with van der Waals surface area (Å²) < 4.78 is 50.3. The van der Waals surface area contributed by atoms with E-state index in [2.05, 4.69) is 20.7 Å². The molecule has 0 saturated carbocycles. The number of hydrogen-bond donors (Lipinski definition) is 2. The Kier molecular flexibility index (Phi) is 3.15. The molecule has 2 rings (SSSR count). The molecule has 0 unspecified atom stereocenters. The van der Waals surface area contributed by atoms with Gasteiger partial charge < -0.3 is 5.32 Å². The summed E-state index contributed by atoms with van der Waals surface area (Å²) in [5, 5.41) is 13.9. The van der Waals surface area contributed by atoms with Gasteiger partial charge in [-0.1, -0.05) is 0 Å². The molecule has 6 nitrogen and oxygen atoms in total. The number of halogens is 4. The zero-order chi connectivity index (χ0) is 14.0. The predicted molar refractivity (Wildman–Crippen MR) is 53.5 cm³/mol. The fourth-order valence-corrected chi connectivity index (χ4v) is 1.27. The molecule has 1 aromatic heterocycles. The van der Waals surface area contributed by atoms with Crippen LogP contribution in [0.25, 0.3) is 0 Å². The number of carbonyl (C=O) groups excluding carboxylic acids is 1. The highest BCUT2D eigenvalue weighted by Crippen LogP contribution is 2.32. The third kappa shape index (κ3) is 2.84. The maximum atomic E-state index is 13.0. The van der Waals surface area contributed by atoms with Crippen LogP contribution in [0.2, 0.25) is 0 Å². The summed E-state index contributed by atoms with van der Waals surface area (Å²) in [5.41, 5.74) is -1.71. The molecule has 0 saturated heterocycles. The van der Waals surface area contributed by atoms with E-state index in [0.717, 1.165) is 6.07 Å². The Morgan fingerprint density at radius 2 is 2.05 bits per heavy atom. The van der Waals surface area contributed by atoms with E-state index >= 15 is 0 Å². The minimum atomic E-state index is -4.85. The van der Waals surface area contributed by atoms with Gasteiger partial charge in [0.15, 0.2) is 0 Å². The molecular formula is C9H5F4N5O. The third-order valence-electron chi connectivity index (χ3n) is 2.08. The Hall–Kier alpha value is -2.52. The Morgan fingerprint density at radius 3 is 2.63 bits per heavy atom. The maximum absolute atomic E-state index is 13.0. The van der Waals surface area contributed by atoms with Crippen molar-refractivity contribution in [2.45, 2.75) is 6.18 Å². The largest absolute Gasteiger partial charge is 0.419 e. The van der Waals surface area contributed by atoms with Crippen LogP contribution in [0, 0.1) is 5.82 Å². The molecule has 0 fully saturated rings. The van der Waals surface area contributed by atoms with E-state index in [1.54, 1.807) is 0 Å². The summed E-state index contributed by atoms with van der Waals surface area (Å²) in [6.07, 6.45) is -4.85. The van der Waals surface area contributed by atoms with Gasteiger partial charge in [0.2, 0.25) is 0 Å². The molecule has 0 radical (unpaired) electrons. The van der Waals surface area contributed by atoms with Crippen LogP contribution in [-0.2, 0) is 6.18 Å². The topological polar surface area (TPSA) is 83.6 Å². The molecule has 1 heterocycles. The normalized spacial score (nSPS) is 11.4. The van der Waals surface area contributed by atoms with Gasteiger partial charge in [-0.3, -0.25) is 4.79 Å². The number of H-pyrrole nitrogens is 1. The first-order chi connectivity index (χ1) is 8.88. The molecule has 0 spiro atoms. The molecule has 2 aromatic rings. The maximum Gasteiger partial charge on any atom is 0.419 e. The number of aromatic nitrogens is 4. The van der Waals surface area contributed by atoms with Crippen molar-refractivity contribution in [1.29, 1.82) is 0 Å². The molecule has 1 aromatic carbocycles. The molecule has 0 aliphatic heterocycles. The lowest BCUT2D eigenvalue weighted by molar-refractivity contribution is -0.139. The Labute approximate surface area is 102 Å². The highest BCUT2D eigenvalue weighted by atomic mass is 19.4. The van der Waals surface area contributed by atoms with Crippen LogP contribution in [0.4, 0.5) is 23.2 Å². The Balaban J connectivity index is 2.25. The van der Waals surface area contributed by atoms with Gasteiger partial charge >= 0.3 is 6.18 Å². The second-order valence-corrected chi connectivity index (χ2v) is 3.38. The first-order valence-corrected chi connectivity index (χ1v) is 4.79. The SMILES string of the molecule is O=C(Nc1ccc(F)c(C(F)(F)F)c1)c1nn[nH]n1. The summed E-state index contributed by atoms with van der Waals surface area (Å²) in [6, 6.07) is 2.07. The Morgan fingerprint density at radius 1 is 1.32 bits per heavy atom. The minimum absolute atomic E-state index is 0.233. The van der Waals surface area contributed by atoms with Crippen LogP contribution in [-0.4, -0.2) is 26.5 Å². The van der Waals surface area contributed by atoms with E-state index in [1.807, 2.05) is 5.21 Å². The number of tetrazole rings is 1. The average Bonchev–Trinajstić information content (AvgIpc) is 2.83. The summed E-state index contributed by atoms with van der Waals surface area (Å²) in [6.45, 7) is 0. The van der Waals surface area contributed by atoms with Crippen LogP contribution in [0.1, 0.15) is 16.2 Å². The number of hydrogen-bond acceptors (Lipinski definition) is 4. The highest BCUT2D eigenvalue weighted by Gasteiger charge is 2.34. The van der Waals surface area contributed by atoms with Crippen molar-refractivity contribution in [3.63, 3.8) is 0 Å². The minimum Gasteiger partial charge on any atom is -0.319 e. The molecule has 2 N–H and O–H groups in total. The quantitative estimate of drug-likeness (QED) is 0.815. The molecule has 100 valence electrons. The van der Waals surface area contributed by atoms with Crippen molar-refractivity contribution in [3.05, 3.63) is 35.4 Å². The number of nitrogens with one attached hydrogen (secondary N) is 2. The number of rotatable bonds is 2. The van der Waals surface area contributed by atoms with Gasteiger partial charge in [-0.05, 0) is 23.4 Å². The predicted octanol–water partition coefficient (Wildman–Crippen LogP) is 1.61. The van der Waals surface area contributed by atoms with E-state index in [-0.39, 0.29) is 11.5 Å². The number of carbonyl (C=O) groups is 1. The van der Waals surface area contributed by atoms with Gasteiger partial charge in [-0.2, -0.15) is 18.4 Å². The van der Waals surface area contributed by atoms with Gasteiger partial charge in [-0.25, -0.2) is 4.39 Å². The van der Waals surface area contributed by atoms with Crippen LogP contribution in [0.5, 0.6) is 0 Å². The zero-order valence-corrected chi connectivity index (χ0v) is 8.99. The first kappa shape index (κ1) is 12.9. The number of nitrogens with zero attached hydrogens (tertiary/aromatic N) is 3. The summed E-state index contributed by atoms with van der Waals surface area (Å²) in [4.78, 5) is 11.4. The smallest absolute Gasteiger partial charge is 0.319 e. The monoisotopic (exact) mass is 275 g/mol. The molecular weight excluding hydrogens is 270 g/mol. The number of alkyl halides is 3. The van der Waals surface area contributed by atoms with Crippen molar-refractivity contribution >= 4 is 11.6 Å². The first-order valence-electron chi connectivity index (χ1n) is 4.79. The van der Waals surface area contributed by atoms with Crippen LogP contribution < -0.4 is 5.32 Å². The Bertz CT molecular complexity index is 595. The van der Waals surface area contributed by atoms with E-state index in [1.165, 1.54) is 0 Å². The molecule has 1 amide bonds. The summed E-state index contributed by atoms with van der Waals surface area (Å²) in [7, 11) is 0. The van der Waals surface area contributed by atoms with Gasteiger partial charge in [0.1, 0.15) is 5.82 Å². The van der Waals surface area contributed by atoms with Gasteiger partial charge in [-0.15, -0.1) is 10.2 Å². The average molecular weight is 275 g/mol. The van der Waals surface area contributed by atoms with E-state index in [0.29, 0.717) is 12.1 Å². The van der Waals surface area contributed by atoms with Gasteiger partial charge in [0.05, 0.1) is 5.56 Å². The van der Waals surface area contributed by atoms with Gasteiger partial charge in [0, 0.05) is 5.69 Å². The molecule has 0 atom stereocenters. The lowest BCUT2D eigenvalue weighted by atomic mass is 10.2. The molecule has 0 bridgehead atoms. The molecule has 0 aliphatic rings.